The van der Waals surface area contributed by atoms with Crippen molar-refractivity contribution >= 4 is 34.4 Å². The number of aliphatic carboxylic acids is 1. The maximum atomic E-state index is 12.1. The summed E-state index contributed by atoms with van der Waals surface area (Å²) >= 11 is 1.53. The number of thioether (sulfide) groups is 1. The summed E-state index contributed by atoms with van der Waals surface area (Å²) in [5.74, 6) is -0.555. The predicted octanol–water partition coefficient (Wildman–Crippen LogP) is 3.69. The molecule has 1 aliphatic rings. The third kappa shape index (κ3) is 4.29. The molecule has 0 aromatic heterocycles. The van der Waals surface area contributed by atoms with Gasteiger partial charge in [-0.05, 0) is 48.6 Å². The van der Waals surface area contributed by atoms with Crippen LogP contribution in [0.1, 0.15) is 25.7 Å². The van der Waals surface area contributed by atoms with Crippen molar-refractivity contribution in [3.05, 3.63) is 42.5 Å². The second-order valence-corrected chi connectivity index (χ2v) is 7.30. The number of hydrogen-bond acceptors (Lipinski definition) is 3. The third-order valence-electron chi connectivity index (χ3n) is 4.53. The maximum Gasteiger partial charge on any atom is 0.306 e. The molecule has 0 aliphatic heterocycles. The van der Waals surface area contributed by atoms with Gasteiger partial charge in [-0.3, -0.25) is 9.59 Å². The van der Waals surface area contributed by atoms with Gasteiger partial charge in [-0.2, -0.15) is 0 Å². The Morgan fingerprint density at radius 1 is 1.04 bits per heavy atom. The smallest absolute Gasteiger partial charge is 0.306 e. The minimum Gasteiger partial charge on any atom is -0.481 e. The molecule has 0 atom stereocenters. The van der Waals surface area contributed by atoms with Crippen LogP contribution in [0.15, 0.2) is 47.4 Å². The average molecular weight is 343 g/mol. The van der Waals surface area contributed by atoms with Gasteiger partial charge < -0.3 is 10.4 Å². The molecular formula is C19H21NO3S. The lowest BCUT2D eigenvalue weighted by atomic mass is 9.86. The third-order valence-corrected chi connectivity index (χ3v) is 5.53. The summed E-state index contributed by atoms with van der Waals surface area (Å²) in [6, 6.07) is 14.5. The zero-order valence-electron chi connectivity index (χ0n) is 13.4. The zero-order chi connectivity index (χ0) is 16.9. The van der Waals surface area contributed by atoms with Gasteiger partial charge in [0, 0.05) is 10.9 Å². The number of fused-ring (bicyclic) bond motifs is 1. The van der Waals surface area contributed by atoms with Crippen molar-refractivity contribution in [3.63, 3.8) is 0 Å². The first-order valence-corrected chi connectivity index (χ1v) is 9.24. The molecule has 0 spiro atoms. The number of carboxylic acid groups (broad SMARTS) is 1. The first-order valence-electron chi connectivity index (χ1n) is 8.25. The number of benzene rings is 2. The molecule has 1 amide bonds. The molecule has 5 heteroatoms. The van der Waals surface area contributed by atoms with Crippen LogP contribution in [0.3, 0.4) is 0 Å². The van der Waals surface area contributed by atoms with Crippen LogP contribution >= 0.6 is 11.8 Å². The number of rotatable bonds is 5. The Morgan fingerprint density at radius 3 is 2.46 bits per heavy atom. The normalized spacial score (nSPS) is 20.7. The molecule has 1 aliphatic carbocycles. The minimum atomic E-state index is -0.716. The Bertz CT molecular complexity index is 738. The molecule has 1 fully saturated rings. The molecule has 4 nitrogen and oxygen atoms in total. The number of carbonyl (C=O) groups is 2. The largest absolute Gasteiger partial charge is 0.481 e. The second-order valence-electron chi connectivity index (χ2n) is 6.25. The first-order chi connectivity index (χ1) is 11.6. The molecule has 0 unspecified atom stereocenters. The Morgan fingerprint density at radius 2 is 1.75 bits per heavy atom. The Hall–Kier alpha value is -2.01. The summed E-state index contributed by atoms with van der Waals surface area (Å²) in [6.45, 7) is 0. The van der Waals surface area contributed by atoms with E-state index >= 15 is 0 Å². The molecule has 1 saturated carbocycles. The van der Waals surface area contributed by atoms with Gasteiger partial charge in [0.15, 0.2) is 0 Å². The second kappa shape index (κ2) is 7.71. The van der Waals surface area contributed by atoms with Gasteiger partial charge >= 0.3 is 5.97 Å². The molecule has 0 bridgehead atoms. The van der Waals surface area contributed by atoms with Crippen molar-refractivity contribution in [3.8, 4) is 0 Å². The monoisotopic (exact) mass is 343 g/mol. The summed E-state index contributed by atoms with van der Waals surface area (Å²) in [5.41, 5.74) is 0. The number of amides is 1. The number of nitrogens with one attached hydrogen (secondary N) is 1. The van der Waals surface area contributed by atoms with Crippen molar-refractivity contribution in [1.82, 2.24) is 5.32 Å². The highest BCUT2D eigenvalue weighted by Gasteiger charge is 2.26. The van der Waals surface area contributed by atoms with Gasteiger partial charge in [-0.25, -0.2) is 0 Å². The molecule has 0 saturated heterocycles. The summed E-state index contributed by atoms with van der Waals surface area (Å²) < 4.78 is 0. The number of carbonyl (C=O) groups excluding carboxylic acids is 1. The van der Waals surface area contributed by atoms with Crippen molar-refractivity contribution in [1.29, 1.82) is 0 Å². The van der Waals surface area contributed by atoms with Gasteiger partial charge in [-0.1, -0.05) is 30.3 Å². The quantitative estimate of drug-likeness (QED) is 0.813. The highest BCUT2D eigenvalue weighted by Crippen LogP contribution is 2.26. The Balaban J connectivity index is 1.47. The van der Waals surface area contributed by atoms with Gasteiger partial charge in [0.1, 0.15) is 0 Å². The summed E-state index contributed by atoms with van der Waals surface area (Å²) in [4.78, 5) is 24.1. The number of carboxylic acids is 1. The molecule has 126 valence electrons. The van der Waals surface area contributed by atoms with Crippen molar-refractivity contribution in [2.75, 3.05) is 5.75 Å². The highest BCUT2D eigenvalue weighted by molar-refractivity contribution is 8.00. The summed E-state index contributed by atoms with van der Waals surface area (Å²) in [5, 5.41) is 14.4. The molecule has 3 rings (SSSR count). The Kier molecular flexibility index (Phi) is 5.41. The fourth-order valence-corrected chi connectivity index (χ4v) is 3.92. The predicted molar refractivity (Wildman–Crippen MR) is 96.2 cm³/mol. The van der Waals surface area contributed by atoms with E-state index in [1.54, 1.807) is 0 Å². The lowest BCUT2D eigenvalue weighted by molar-refractivity contribution is -0.142. The van der Waals surface area contributed by atoms with Gasteiger partial charge in [-0.15, -0.1) is 11.8 Å². The van der Waals surface area contributed by atoms with Crippen LogP contribution in [-0.2, 0) is 9.59 Å². The van der Waals surface area contributed by atoms with E-state index in [1.807, 2.05) is 18.2 Å². The van der Waals surface area contributed by atoms with E-state index < -0.39 is 5.97 Å². The Labute approximate surface area is 145 Å². The van der Waals surface area contributed by atoms with E-state index in [0.29, 0.717) is 18.6 Å². The van der Waals surface area contributed by atoms with Crippen molar-refractivity contribution in [2.24, 2.45) is 5.92 Å². The fraction of sp³-hybridized carbons (Fsp3) is 0.368. The zero-order valence-corrected chi connectivity index (χ0v) is 14.2. The topological polar surface area (TPSA) is 66.4 Å². The van der Waals surface area contributed by atoms with Crippen LogP contribution in [0, 0.1) is 5.92 Å². The van der Waals surface area contributed by atoms with E-state index in [4.69, 9.17) is 5.11 Å². The number of hydrogen-bond donors (Lipinski definition) is 2. The molecular weight excluding hydrogens is 322 g/mol. The molecule has 2 aromatic carbocycles. The van der Waals surface area contributed by atoms with E-state index in [2.05, 4.69) is 29.6 Å². The average Bonchev–Trinajstić information content (AvgIpc) is 2.60. The van der Waals surface area contributed by atoms with Crippen LogP contribution in [0.2, 0.25) is 0 Å². The highest BCUT2D eigenvalue weighted by atomic mass is 32.2. The van der Waals surface area contributed by atoms with Gasteiger partial charge in [0.05, 0.1) is 11.7 Å². The standard InChI is InChI=1S/C19H21NO3S/c21-18(20-16-8-5-14(6-9-16)19(22)23)12-24-17-10-7-13-3-1-2-4-15(13)11-17/h1-4,7,10-11,14,16H,5-6,8-9,12H2,(H,20,21)(H,22,23). The van der Waals surface area contributed by atoms with Crippen LogP contribution in [-0.4, -0.2) is 28.8 Å². The van der Waals surface area contributed by atoms with Crippen LogP contribution < -0.4 is 5.32 Å². The fourth-order valence-electron chi connectivity index (χ4n) is 3.16. The van der Waals surface area contributed by atoms with E-state index in [1.165, 1.54) is 22.5 Å². The molecule has 2 aromatic rings. The van der Waals surface area contributed by atoms with Crippen molar-refractivity contribution in [2.45, 2.75) is 36.6 Å². The van der Waals surface area contributed by atoms with Crippen molar-refractivity contribution < 1.29 is 14.7 Å². The minimum absolute atomic E-state index is 0.0203. The lowest BCUT2D eigenvalue weighted by Crippen LogP contribution is -2.39. The molecule has 2 N–H and O–H groups in total. The van der Waals surface area contributed by atoms with E-state index in [-0.39, 0.29) is 17.9 Å². The SMILES string of the molecule is O=C(CSc1ccc2ccccc2c1)NC1CCC(C(=O)O)CC1. The molecule has 0 heterocycles. The van der Waals surface area contributed by atoms with Gasteiger partial charge in [0.25, 0.3) is 0 Å². The summed E-state index contributed by atoms with van der Waals surface area (Å²) in [6.07, 6.45) is 2.81. The molecule has 0 radical (unpaired) electrons. The first kappa shape index (κ1) is 16.8. The van der Waals surface area contributed by atoms with Crippen LogP contribution in [0.4, 0.5) is 0 Å². The maximum absolute atomic E-state index is 12.1. The van der Waals surface area contributed by atoms with Crippen LogP contribution in [0.5, 0.6) is 0 Å². The van der Waals surface area contributed by atoms with Crippen LogP contribution in [0.25, 0.3) is 10.8 Å². The summed E-state index contributed by atoms with van der Waals surface area (Å²) in [7, 11) is 0. The van der Waals surface area contributed by atoms with E-state index in [0.717, 1.165) is 17.7 Å². The molecule has 24 heavy (non-hydrogen) atoms. The van der Waals surface area contributed by atoms with Gasteiger partial charge in [0.2, 0.25) is 5.91 Å². The van der Waals surface area contributed by atoms with E-state index in [9.17, 15) is 9.59 Å². The lowest BCUT2D eigenvalue weighted by Gasteiger charge is -2.26.